The zero-order valence-corrected chi connectivity index (χ0v) is 13.2. The second kappa shape index (κ2) is 7.04. The average Bonchev–Trinajstić information content (AvgIpc) is 2.43. The van der Waals surface area contributed by atoms with Crippen LogP contribution in [0.1, 0.15) is 12.8 Å². The van der Waals surface area contributed by atoms with Crippen LogP contribution in [0.2, 0.25) is 0 Å². The number of pyridine rings is 1. The molecule has 6 heteroatoms. The number of carbonyl (C=O) groups excluding carboxylic acids is 1. The SMILES string of the molecule is CNCC1CCCN(C(=O)Cn2cc(Br)ccc2=O)C1. The summed E-state index contributed by atoms with van der Waals surface area (Å²) in [5.74, 6) is 0.530. The number of rotatable bonds is 4. The highest BCUT2D eigenvalue weighted by Gasteiger charge is 2.23. The van der Waals surface area contributed by atoms with Gasteiger partial charge in [-0.2, -0.15) is 0 Å². The van der Waals surface area contributed by atoms with E-state index in [4.69, 9.17) is 0 Å². The van der Waals surface area contributed by atoms with Crippen molar-refractivity contribution < 1.29 is 4.79 Å². The molecule has 1 N–H and O–H groups in total. The summed E-state index contributed by atoms with van der Waals surface area (Å²) in [6.07, 6.45) is 3.85. The first-order chi connectivity index (χ1) is 9.60. The summed E-state index contributed by atoms with van der Waals surface area (Å²) < 4.78 is 2.25. The second-order valence-electron chi connectivity index (χ2n) is 5.22. The maximum Gasteiger partial charge on any atom is 0.251 e. The number of amides is 1. The van der Waals surface area contributed by atoms with Crippen molar-refractivity contribution in [1.29, 1.82) is 0 Å². The second-order valence-corrected chi connectivity index (χ2v) is 6.13. The molecule has 1 atom stereocenters. The van der Waals surface area contributed by atoms with Gasteiger partial charge < -0.3 is 14.8 Å². The van der Waals surface area contributed by atoms with Crippen LogP contribution >= 0.6 is 15.9 Å². The lowest BCUT2D eigenvalue weighted by Crippen LogP contribution is -2.44. The zero-order chi connectivity index (χ0) is 14.5. The number of hydrogen-bond donors (Lipinski definition) is 1. The Kier molecular flexibility index (Phi) is 5.37. The van der Waals surface area contributed by atoms with E-state index in [1.807, 2.05) is 11.9 Å². The summed E-state index contributed by atoms with van der Waals surface area (Å²) in [5, 5.41) is 3.16. The molecule has 0 aromatic carbocycles. The van der Waals surface area contributed by atoms with Crippen molar-refractivity contribution in [2.24, 2.45) is 5.92 Å². The molecule has 20 heavy (non-hydrogen) atoms. The van der Waals surface area contributed by atoms with E-state index in [9.17, 15) is 9.59 Å². The molecule has 2 rings (SSSR count). The molecular weight excluding hydrogens is 322 g/mol. The number of aromatic nitrogens is 1. The van der Waals surface area contributed by atoms with Crippen molar-refractivity contribution in [1.82, 2.24) is 14.8 Å². The highest BCUT2D eigenvalue weighted by molar-refractivity contribution is 9.10. The standard InChI is InChI=1S/C14H20BrN3O2/c1-16-7-11-3-2-6-17(8-11)14(20)10-18-9-12(15)4-5-13(18)19/h4-5,9,11,16H,2-3,6-8,10H2,1H3. The number of hydrogen-bond acceptors (Lipinski definition) is 3. The minimum Gasteiger partial charge on any atom is -0.341 e. The van der Waals surface area contributed by atoms with Gasteiger partial charge >= 0.3 is 0 Å². The lowest BCUT2D eigenvalue weighted by atomic mass is 9.98. The van der Waals surface area contributed by atoms with Crippen LogP contribution in [-0.2, 0) is 11.3 Å². The van der Waals surface area contributed by atoms with Gasteiger partial charge in [-0.3, -0.25) is 9.59 Å². The third-order valence-electron chi connectivity index (χ3n) is 3.62. The van der Waals surface area contributed by atoms with Crippen LogP contribution in [0.4, 0.5) is 0 Å². The molecule has 5 nitrogen and oxygen atoms in total. The molecule has 1 amide bonds. The van der Waals surface area contributed by atoms with Crippen LogP contribution in [0.3, 0.4) is 0 Å². The largest absolute Gasteiger partial charge is 0.341 e. The van der Waals surface area contributed by atoms with Gasteiger partial charge in [0.25, 0.3) is 5.56 Å². The van der Waals surface area contributed by atoms with Crippen LogP contribution in [0.5, 0.6) is 0 Å². The Labute approximate surface area is 127 Å². The molecule has 0 spiro atoms. The van der Waals surface area contributed by atoms with E-state index in [0.717, 1.165) is 36.9 Å². The Bertz CT molecular complexity index is 527. The quantitative estimate of drug-likeness (QED) is 0.891. The van der Waals surface area contributed by atoms with Gasteiger partial charge in [-0.25, -0.2) is 0 Å². The van der Waals surface area contributed by atoms with Crippen molar-refractivity contribution in [3.63, 3.8) is 0 Å². The first kappa shape index (κ1) is 15.3. The van der Waals surface area contributed by atoms with Gasteiger partial charge in [-0.15, -0.1) is 0 Å². The molecule has 0 saturated carbocycles. The Morgan fingerprint density at radius 2 is 2.30 bits per heavy atom. The lowest BCUT2D eigenvalue weighted by molar-refractivity contribution is -0.133. The van der Waals surface area contributed by atoms with Crippen molar-refractivity contribution in [2.45, 2.75) is 19.4 Å². The molecule has 1 fully saturated rings. The highest BCUT2D eigenvalue weighted by Crippen LogP contribution is 2.16. The van der Waals surface area contributed by atoms with Crippen molar-refractivity contribution >= 4 is 21.8 Å². The summed E-state index contributed by atoms with van der Waals surface area (Å²) in [6.45, 7) is 2.62. The number of piperidine rings is 1. The van der Waals surface area contributed by atoms with Gasteiger partial charge in [0.05, 0.1) is 0 Å². The maximum atomic E-state index is 12.3. The van der Waals surface area contributed by atoms with Crippen LogP contribution in [0.15, 0.2) is 27.6 Å². The molecule has 2 heterocycles. The van der Waals surface area contributed by atoms with E-state index in [2.05, 4.69) is 21.2 Å². The Morgan fingerprint density at radius 1 is 1.50 bits per heavy atom. The van der Waals surface area contributed by atoms with Gasteiger partial charge in [-0.05, 0) is 54.3 Å². The fraction of sp³-hybridized carbons (Fsp3) is 0.571. The van der Waals surface area contributed by atoms with E-state index in [1.165, 1.54) is 10.6 Å². The highest BCUT2D eigenvalue weighted by atomic mass is 79.9. The first-order valence-corrected chi connectivity index (χ1v) is 7.68. The topological polar surface area (TPSA) is 54.3 Å². The summed E-state index contributed by atoms with van der Waals surface area (Å²) in [6, 6.07) is 3.16. The summed E-state index contributed by atoms with van der Waals surface area (Å²) in [7, 11) is 1.93. The molecule has 1 unspecified atom stereocenters. The van der Waals surface area contributed by atoms with Gasteiger partial charge in [0.2, 0.25) is 5.91 Å². The summed E-state index contributed by atoms with van der Waals surface area (Å²) in [4.78, 5) is 25.9. The molecule has 0 bridgehead atoms. The molecule has 0 aliphatic carbocycles. The minimum absolute atomic E-state index is 0.0194. The predicted octanol–water partition coefficient (Wildman–Crippen LogP) is 1.07. The molecule has 0 radical (unpaired) electrons. The molecular formula is C14H20BrN3O2. The zero-order valence-electron chi connectivity index (χ0n) is 11.6. The third kappa shape index (κ3) is 3.93. The predicted molar refractivity (Wildman–Crippen MR) is 81.6 cm³/mol. The van der Waals surface area contributed by atoms with E-state index in [1.54, 1.807) is 12.3 Å². The number of carbonyl (C=O) groups is 1. The Morgan fingerprint density at radius 3 is 3.05 bits per heavy atom. The van der Waals surface area contributed by atoms with Crippen LogP contribution < -0.4 is 10.9 Å². The number of likely N-dealkylation sites (tertiary alicyclic amines) is 1. The fourth-order valence-electron chi connectivity index (χ4n) is 2.62. The molecule has 1 aliphatic rings. The molecule has 1 aliphatic heterocycles. The van der Waals surface area contributed by atoms with E-state index >= 15 is 0 Å². The van der Waals surface area contributed by atoms with Crippen LogP contribution in [-0.4, -0.2) is 42.1 Å². The smallest absolute Gasteiger partial charge is 0.251 e. The van der Waals surface area contributed by atoms with E-state index in [-0.39, 0.29) is 18.0 Å². The molecule has 1 aromatic rings. The molecule has 1 aromatic heterocycles. The van der Waals surface area contributed by atoms with E-state index < -0.39 is 0 Å². The molecule has 110 valence electrons. The number of halogens is 1. The van der Waals surface area contributed by atoms with Crippen LogP contribution in [0.25, 0.3) is 0 Å². The summed E-state index contributed by atoms with van der Waals surface area (Å²) >= 11 is 3.32. The third-order valence-corrected chi connectivity index (χ3v) is 4.09. The van der Waals surface area contributed by atoms with Crippen molar-refractivity contribution in [3.05, 3.63) is 33.2 Å². The lowest BCUT2D eigenvalue weighted by Gasteiger charge is -2.32. The van der Waals surface area contributed by atoms with Crippen molar-refractivity contribution in [3.8, 4) is 0 Å². The number of nitrogens with zero attached hydrogens (tertiary/aromatic N) is 2. The fourth-order valence-corrected chi connectivity index (χ4v) is 3.00. The normalized spacial score (nSPS) is 19.1. The van der Waals surface area contributed by atoms with Crippen LogP contribution in [0, 0.1) is 5.92 Å². The monoisotopic (exact) mass is 341 g/mol. The van der Waals surface area contributed by atoms with Gasteiger partial charge in [-0.1, -0.05) is 0 Å². The molecule has 1 saturated heterocycles. The Hall–Kier alpha value is -1.14. The van der Waals surface area contributed by atoms with Gasteiger partial charge in [0.1, 0.15) is 6.54 Å². The Balaban J connectivity index is 2.00. The van der Waals surface area contributed by atoms with Gasteiger partial charge in [0, 0.05) is 29.8 Å². The summed E-state index contributed by atoms with van der Waals surface area (Å²) in [5.41, 5.74) is -0.148. The van der Waals surface area contributed by atoms with Gasteiger partial charge in [0.15, 0.2) is 0 Å². The number of nitrogens with one attached hydrogen (secondary N) is 1. The minimum atomic E-state index is -0.148. The van der Waals surface area contributed by atoms with E-state index in [0.29, 0.717) is 5.92 Å². The maximum absolute atomic E-state index is 12.3. The average molecular weight is 342 g/mol. The first-order valence-electron chi connectivity index (χ1n) is 6.88. The van der Waals surface area contributed by atoms with Crippen molar-refractivity contribution in [2.75, 3.05) is 26.7 Å².